The lowest BCUT2D eigenvalue weighted by Crippen LogP contribution is -2.51. The van der Waals surface area contributed by atoms with E-state index in [-0.39, 0.29) is 36.2 Å². The van der Waals surface area contributed by atoms with Crippen LogP contribution in [0.15, 0.2) is 48.7 Å². The molecule has 16 heteroatoms. The minimum Gasteiger partial charge on any atom is -0.488 e. The fourth-order valence-electron chi connectivity index (χ4n) is 7.84. The maximum absolute atomic E-state index is 13.6. The van der Waals surface area contributed by atoms with Crippen LogP contribution in [0.5, 0.6) is 5.75 Å². The number of amides is 4. The Kier molecular flexibility index (Phi) is 12.1. The summed E-state index contributed by atoms with van der Waals surface area (Å²) in [6, 6.07) is 13.8. The number of hydrogen-bond donors (Lipinski definition) is 5. The highest BCUT2D eigenvalue weighted by molar-refractivity contribution is 6.07. The van der Waals surface area contributed by atoms with E-state index in [0.29, 0.717) is 38.5 Å². The SMILES string of the molecule is COCC(CCc1nc2c(ccc3cc4c(cc32)OCc2cc(-c3cnc(C5CCCN5C(=O)C(NC(=O)OC)C(C)C)[nH]3)ccc2-4)[nH]1)CNC(=O)CNC(=O)OC. The van der Waals surface area contributed by atoms with Crippen LogP contribution in [0.25, 0.3) is 44.2 Å². The molecule has 1 fully saturated rings. The first-order valence-corrected chi connectivity index (χ1v) is 19.6. The number of fused-ring (bicyclic) bond motifs is 6. The quantitative estimate of drug-likeness (QED) is 0.0972. The standard InChI is InChI=1S/C42H50N8O8/c1-23(2)37(49-42(54)57-5)40(52)50-14-6-7-33(50)39-44-19-32(47-39)26-9-11-28-27(15-26)22-58-34-17-29-25(16-30(28)34)10-12-31-38(29)48-35(46-31)13-8-24(21-55-3)18-43-36(51)20-45-41(53)56-4/h9-12,15-17,19,23-24,33,37H,6-8,13-14,18,20-22H2,1-5H3,(H,43,51)(H,44,47)(H,45,53)(H,46,48)(H,49,54). The molecule has 3 aromatic carbocycles. The Balaban J connectivity index is 1.05. The van der Waals surface area contributed by atoms with Crippen LogP contribution < -0.4 is 20.7 Å². The number of nitrogens with one attached hydrogen (secondary N) is 5. The van der Waals surface area contributed by atoms with Crippen LogP contribution in [0.4, 0.5) is 9.59 Å². The lowest BCUT2D eigenvalue weighted by Gasteiger charge is -2.30. The highest BCUT2D eigenvalue weighted by Crippen LogP contribution is 2.43. The average Bonchev–Trinajstić information content (AvgIpc) is 4.02. The van der Waals surface area contributed by atoms with E-state index >= 15 is 0 Å². The Hall–Kier alpha value is -6.16. The number of carbonyl (C=O) groups is 4. The first-order valence-electron chi connectivity index (χ1n) is 19.6. The Labute approximate surface area is 335 Å². The van der Waals surface area contributed by atoms with E-state index in [9.17, 15) is 19.2 Å². The second kappa shape index (κ2) is 17.5. The number of benzene rings is 3. The van der Waals surface area contributed by atoms with Crippen molar-refractivity contribution in [1.29, 1.82) is 0 Å². The molecule has 58 heavy (non-hydrogen) atoms. The van der Waals surface area contributed by atoms with Gasteiger partial charge in [-0.2, -0.15) is 0 Å². The molecule has 2 aromatic heterocycles. The van der Waals surface area contributed by atoms with Gasteiger partial charge in [-0.1, -0.05) is 32.0 Å². The monoisotopic (exact) mass is 794 g/mol. The topological polar surface area (TPSA) is 202 Å². The maximum atomic E-state index is 13.6. The Morgan fingerprint density at radius 3 is 2.59 bits per heavy atom. The summed E-state index contributed by atoms with van der Waals surface area (Å²) < 4.78 is 21.1. The van der Waals surface area contributed by atoms with E-state index in [1.165, 1.54) is 14.2 Å². The van der Waals surface area contributed by atoms with Gasteiger partial charge in [-0.15, -0.1) is 0 Å². The predicted octanol–water partition coefficient (Wildman–Crippen LogP) is 5.38. The number of nitrogens with zero attached hydrogens (tertiary/aromatic N) is 3. The molecule has 7 rings (SSSR count). The molecule has 4 heterocycles. The molecule has 306 valence electrons. The highest BCUT2D eigenvalue weighted by atomic mass is 16.5. The molecule has 2 aliphatic heterocycles. The fraction of sp³-hybridized carbons (Fsp3) is 0.429. The van der Waals surface area contributed by atoms with Crippen molar-refractivity contribution in [3.63, 3.8) is 0 Å². The summed E-state index contributed by atoms with van der Waals surface area (Å²) in [5, 5.41) is 9.96. The van der Waals surface area contributed by atoms with Crippen molar-refractivity contribution in [2.45, 2.75) is 58.2 Å². The van der Waals surface area contributed by atoms with Gasteiger partial charge in [0.25, 0.3) is 0 Å². The third kappa shape index (κ3) is 8.56. The molecule has 0 bridgehead atoms. The van der Waals surface area contributed by atoms with E-state index < -0.39 is 18.2 Å². The smallest absolute Gasteiger partial charge is 0.407 e. The van der Waals surface area contributed by atoms with Crippen molar-refractivity contribution in [2.75, 3.05) is 47.6 Å². The average molecular weight is 795 g/mol. The first-order chi connectivity index (χ1) is 28.1. The van der Waals surface area contributed by atoms with Gasteiger partial charge in [0, 0.05) is 43.5 Å². The summed E-state index contributed by atoms with van der Waals surface area (Å²) in [5.74, 6) is 1.81. The van der Waals surface area contributed by atoms with Crippen molar-refractivity contribution < 1.29 is 38.1 Å². The van der Waals surface area contributed by atoms with Gasteiger partial charge in [0.05, 0.1) is 56.3 Å². The molecule has 3 atom stereocenters. The number of imidazole rings is 2. The van der Waals surface area contributed by atoms with E-state index in [1.54, 1.807) is 7.11 Å². The Morgan fingerprint density at radius 1 is 0.983 bits per heavy atom. The number of ether oxygens (including phenoxy) is 4. The molecule has 5 N–H and O–H groups in total. The summed E-state index contributed by atoms with van der Waals surface area (Å²) in [6.07, 6.45) is 3.50. The third-order valence-corrected chi connectivity index (χ3v) is 10.9. The number of aryl methyl sites for hydroxylation is 1. The predicted molar refractivity (Wildman–Crippen MR) is 216 cm³/mol. The minimum absolute atomic E-state index is 0.0440. The molecule has 5 aromatic rings. The number of H-pyrrole nitrogens is 2. The Morgan fingerprint density at radius 2 is 1.81 bits per heavy atom. The lowest BCUT2D eigenvalue weighted by molar-refractivity contribution is -0.135. The van der Waals surface area contributed by atoms with Gasteiger partial charge in [0.2, 0.25) is 11.8 Å². The largest absolute Gasteiger partial charge is 0.488 e. The number of rotatable bonds is 14. The van der Waals surface area contributed by atoms with Crippen LogP contribution in [-0.4, -0.2) is 102 Å². The van der Waals surface area contributed by atoms with Crippen LogP contribution in [0, 0.1) is 11.8 Å². The number of aromatic nitrogens is 4. The van der Waals surface area contributed by atoms with Crippen LogP contribution >= 0.6 is 0 Å². The third-order valence-electron chi connectivity index (χ3n) is 10.9. The highest BCUT2D eigenvalue weighted by Gasteiger charge is 2.37. The second-order valence-electron chi connectivity index (χ2n) is 15.1. The minimum atomic E-state index is -0.699. The van der Waals surface area contributed by atoms with Gasteiger partial charge in [-0.25, -0.2) is 19.6 Å². The van der Waals surface area contributed by atoms with Crippen LogP contribution in [-0.2, 0) is 36.8 Å². The van der Waals surface area contributed by atoms with E-state index in [0.717, 1.165) is 80.6 Å². The molecule has 0 saturated carbocycles. The number of likely N-dealkylation sites (tertiary alicyclic amines) is 1. The lowest BCUT2D eigenvalue weighted by atomic mass is 9.92. The van der Waals surface area contributed by atoms with Crippen molar-refractivity contribution >= 4 is 45.8 Å². The van der Waals surface area contributed by atoms with E-state index in [2.05, 4.69) is 67.1 Å². The van der Waals surface area contributed by atoms with Crippen molar-refractivity contribution in [3.05, 3.63) is 65.9 Å². The van der Waals surface area contributed by atoms with Crippen molar-refractivity contribution in [2.24, 2.45) is 11.8 Å². The molecular weight excluding hydrogens is 745 g/mol. The summed E-state index contributed by atoms with van der Waals surface area (Å²) in [6.45, 7) is 5.47. The van der Waals surface area contributed by atoms with Gasteiger partial charge in [-0.05, 0) is 71.5 Å². The zero-order valence-corrected chi connectivity index (χ0v) is 33.4. The Bertz CT molecular complexity index is 2320. The molecule has 4 amide bonds. The summed E-state index contributed by atoms with van der Waals surface area (Å²) in [4.78, 5) is 67.5. The summed E-state index contributed by atoms with van der Waals surface area (Å²) in [7, 11) is 4.16. The van der Waals surface area contributed by atoms with Gasteiger partial charge >= 0.3 is 12.2 Å². The van der Waals surface area contributed by atoms with Gasteiger partial charge in [0.15, 0.2) is 0 Å². The molecule has 0 radical (unpaired) electrons. The number of hydrogen-bond acceptors (Lipinski definition) is 10. The molecule has 1 saturated heterocycles. The molecule has 3 unspecified atom stereocenters. The molecule has 0 aliphatic carbocycles. The van der Waals surface area contributed by atoms with Crippen LogP contribution in [0.1, 0.15) is 56.4 Å². The zero-order chi connectivity index (χ0) is 40.9. The molecule has 2 aliphatic rings. The summed E-state index contributed by atoms with van der Waals surface area (Å²) in [5.41, 5.74) is 6.75. The van der Waals surface area contributed by atoms with Crippen LogP contribution in [0.2, 0.25) is 0 Å². The second-order valence-corrected chi connectivity index (χ2v) is 15.1. The fourth-order valence-corrected chi connectivity index (χ4v) is 7.84. The molecule has 0 spiro atoms. The van der Waals surface area contributed by atoms with Crippen molar-refractivity contribution in [1.82, 2.24) is 40.8 Å². The van der Waals surface area contributed by atoms with E-state index in [4.69, 9.17) is 24.2 Å². The first kappa shape index (κ1) is 40.1. The number of methoxy groups -OCH3 is 3. The van der Waals surface area contributed by atoms with Gasteiger partial charge in [0.1, 0.15) is 30.0 Å². The van der Waals surface area contributed by atoms with Crippen molar-refractivity contribution in [3.8, 4) is 28.1 Å². The maximum Gasteiger partial charge on any atom is 0.407 e. The summed E-state index contributed by atoms with van der Waals surface area (Å²) >= 11 is 0. The normalized spacial score (nSPS) is 15.7. The van der Waals surface area contributed by atoms with E-state index in [1.807, 2.05) is 31.0 Å². The van der Waals surface area contributed by atoms with Crippen LogP contribution in [0.3, 0.4) is 0 Å². The molecule has 16 nitrogen and oxygen atoms in total. The van der Waals surface area contributed by atoms with Gasteiger partial charge < -0.3 is 49.8 Å². The van der Waals surface area contributed by atoms with Gasteiger partial charge in [-0.3, -0.25) is 9.59 Å². The zero-order valence-electron chi connectivity index (χ0n) is 33.4. The number of aromatic amines is 2. The number of carbonyl (C=O) groups excluding carboxylic acids is 4. The molecular formula is C42H50N8O8. The number of alkyl carbamates (subject to hydrolysis) is 2.